The number of hydrogen-bond donors (Lipinski definition) is 3. The number of hydrogen-bond acceptors (Lipinski definition) is 7. The Morgan fingerprint density at radius 3 is 2.79 bits per heavy atom. The SMILES string of the molecule is Cc1cncc(Oc2cccc(CN(C)c3ccc4c(c3)=C(Cl)NNC=4O)c2)n1. The summed E-state index contributed by atoms with van der Waals surface area (Å²) in [6, 6.07) is 13.6. The lowest BCUT2D eigenvalue weighted by Crippen LogP contribution is -2.45. The van der Waals surface area contributed by atoms with Gasteiger partial charge in [0, 0.05) is 35.9 Å². The maximum absolute atomic E-state index is 9.95. The molecule has 0 spiro atoms. The lowest BCUT2D eigenvalue weighted by atomic mass is 10.1. The quantitative estimate of drug-likeness (QED) is 0.557. The molecule has 1 aliphatic heterocycles. The number of aliphatic hydroxyl groups is 1. The van der Waals surface area contributed by atoms with E-state index in [0.717, 1.165) is 22.2 Å². The van der Waals surface area contributed by atoms with Crippen LogP contribution < -0.4 is 30.9 Å². The normalized spacial score (nSPS) is 12.7. The number of aryl methyl sites for hydroxylation is 1. The van der Waals surface area contributed by atoms with Gasteiger partial charge in [0.2, 0.25) is 11.8 Å². The van der Waals surface area contributed by atoms with Crippen LogP contribution in [0.3, 0.4) is 0 Å². The molecule has 2 aromatic carbocycles. The maximum Gasteiger partial charge on any atom is 0.238 e. The van der Waals surface area contributed by atoms with Gasteiger partial charge >= 0.3 is 0 Å². The third-order valence-corrected chi connectivity index (χ3v) is 4.80. The van der Waals surface area contributed by atoms with Gasteiger partial charge in [-0.25, -0.2) is 4.98 Å². The summed E-state index contributed by atoms with van der Waals surface area (Å²) in [5, 5.41) is 11.8. The molecule has 0 unspecified atom stereocenters. The highest BCUT2D eigenvalue weighted by Gasteiger charge is 2.10. The number of benzene rings is 2. The van der Waals surface area contributed by atoms with E-state index in [0.29, 0.717) is 28.5 Å². The van der Waals surface area contributed by atoms with Crippen molar-refractivity contribution in [1.82, 2.24) is 20.8 Å². The van der Waals surface area contributed by atoms with Gasteiger partial charge in [-0.3, -0.25) is 15.8 Å². The van der Waals surface area contributed by atoms with Crippen molar-refractivity contribution in [2.24, 2.45) is 0 Å². The Balaban J connectivity index is 1.55. The van der Waals surface area contributed by atoms with E-state index in [-0.39, 0.29) is 5.88 Å². The molecule has 4 rings (SSSR count). The Morgan fingerprint density at radius 1 is 1.10 bits per heavy atom. The van der Waals surface area contributed by atoms with Gasteiger partial charge in [0.25, 0.3) is 0 Å². The highest BCUT2D eigenvalue weighted by molar-refractivity contribution is 6.44. The number of halogens is 1. The first-order valence-electron chi connectivity index (χ1n) is 9.01. The van der Waals surface area contributed by atoms with Gasteiger partial charge in [-0.2, -0.15) is 0 Å². The molecule has 3 aromatic rings. The van der Waals surface area contributed by atoms with Crippen LogP contribution in [-0.4, -0.2) is 22.1 Å². The fourth-order valence-corrected chi connectivity index (χ4v) is 3.29. The third kappa shape index (κ3) is 4.20. The molecule has 7 nitrogen and oxygen atoms in total. The van der Waals surface area contributed by atoms with Crippen LogP contribution in [0.4, 0.5) is 5.69 Å². The lowest BCUT2D eigenvalue weighted by Gasteiger charge is -2.21. The summed E-state index contributed by atoms with van der Waals surface area (Å²) < 4.78 is 5.83. The number of nitrogens with one attached hydrogen (secondary N) is 2. The minimum absolute atomic E-state index is 0.0442. The van der Waals surface area contributed by atoms with Crippen molar-refractivity contribution in [3.05, 3.63) is 76.6 Å². The zero-order valence-corrected chi connectivity index (χ0v) is 16.7. The summed E-state index contributed by atoms with van der Waals surface area (Å²) in [5.41, 5.74) is 8.20. The van der Waals surface area contributed by atoms with Gasteiger partial charge in [0.15, 0.2) is 0 Å². The van der Waals surface area contributed by atoms with Crippen LogP contribution in [0.25, 0.3) is 11.0 Å². The summed E-state index contributed by atoms with van der Waals surface area (Å²) in [7, 11) is 1.99. The Bertz CT molecular complexity index is 1180. The molecule has 1 aromatic heterocycles. The molecule has 0 atom stereocenters. The first-order valence-corrected chi connectivity index (χ1v) is 9.39. The molecule has 0 fully saturated rings. The molecule has 0 amide bonds. The summed E-state index contributed by atoms with van der Waals surface area (Å²) in [4.78, 5) is 10.5. The van der Waals surface area contributed by atoms with E-state index in [1.807, 2.05) is 56.4 Å². The van der Waals surface area contributed by atoms with Crippen molar-refractivity contribution in [1.29, 1.82) is 0 Å². The Hall–Kier alpha value is -3.45. The summed E-state index contributed by atoms with van der Waals surface area (Å²) in [6.07, 6.45) is 3.28. The molecule has 0 saturated heterocycles. The van der Waals surface area contributed by atoms with Crippen LogP contribution in [0.2, 0.25) is 0 Å². The monoisotopic (exact) mass is 409 g/mol. The van der Waals surface area contributed by atoms with E-state index in [2.05, 4.69) is 25.7 Å². The second-order valence-electron chi connectivity index (χ2n) is 6.75. The minimum atomic E-state index is 0.0442. The van der Waals surface area contributed by atoms with Crippen molar-refractivity contribution in [3.8, 4) is 11.6 Å². The van der Waals surface area contributed by atoms with Gasteiger partial charge in [-0.1, -0.05) is 23.7 Å². The number of hydrazine groups is 1. The van der Waals surface area contributed by atoms with Crippen LogP contribution in [0.1, 0.15) is 11.3 Å². The molecule has 0 saturated carbocycles. The molecule has 0 bridgehead atoms. The molecule has 0 radical (unpaired) electrons. The molecule has 0 aliphatic carbocycles. The van der Waals surface area contributed by atoms with E-state index in [9.17, 15) is 5.11 Å². The molecule has 148 valence electrons. The van der Waals surface area contributed by atoms with Crippen LogP contribution in [-0.2, 0) is 6.54 Å². The molecule has 1 aliphatic rings. The molecule has 2 heterocycles. The first kappa shape index (κ1) is 18.9. The number of nitrogens with zero attached hydrogens (tertiary/aromatic N) is 3. The van der Waals surface area contributed by atoms with E-state index < -0.39 is 0 Å². The van der Waals surface area contributed by atoms with Crippen LogP contribution in [0.15, 0.2) is 54.9 Å². The molecular weight excluding hydrogens is 390 g/mol. The minimum Gasteiger partial charge on any atom is -0.493 e. The Morgan fingerprint density at radius 2 is 1.97 bits per heavy atom. The van der Waals surface area contributed by atoms with E-state index in [1.165, 1.54) is 0 Å². The average molecular weight is 410 g/mol. The predicted octanol–water partition coefficient (Wildman–Crippen LogP) is 2.25. The number of rotatable bonds is 5. The molecule has 8 heteroatoms. The van der Waals surface area contributed by atoms with Gasteiger partial charge in [-0.05, 0) is 42.8 Å². The van der Waals surface area contributed by atoms with Gasteiger partial charge < -0.3 is 14.7 Å². The Kier molecular flexibility index (Phi) is 5.14. The zero-order valence-electron chi connectivity index (χ0n) is 16.0. The van der Waals surface area contributed by atoms with E-state index in [1.54, 1.807) is 12.4 Å². The number of ether oxygens (including phenoxy) is 1. The zero-order chi connectivity index (χ0) is 20.4. The molecule has 3 N–H and O–H groups in total. The fraction of sp³-hybridized carbons (Fsp3) is 0.143. The van der Waals surface area contributed by atoms with Crippen molar-refractivity contribution in [3.63, 3.8) is 0 Å². The maximum atomic E-state index is 9.95. The van der Waals surface area contributed by atoms with Crippen molar-refractivity contribution >= 4 is 28.3 Å². The van der Waals surface area contributed by atoms with Crippen LogP contribution in [0, 0.1) is 6.92 Å². The summed E-state index contributed by atoms with van der Waals surface area (Å²) in [6.45, 7) is 2.53. The largest absolute Gasteiger partial charge is 0.493 e. The second-order valence-corrected chi connectivity index (χ2v) is 7.12. The number of aromatic nitrogens is 2. The number of aliphatic hydroxyl groups excluding tert-OH is 1. The van der Waals surface area contributed by atoms with Crippen molar-refractivity contribution in [2.45, 2.75) is 13.5 Å². The van der Waals surface area contributed by atoms with E-state index >= 15 is 0 Å². The Labute approximate surface area is 172 Å². The average Bonchev–Trinajstić information content (AvgIpc) is 2.71. The van der Waals surface area contributed by atoms with Gasteiger partial charge in [0.1, 0.15) is 10.9 Å². The summed E-state index contributed by atoms with van der Waals surface area (Å²) in [5.74, 6) is 1.21. The predicted molar refractivity (Wildman–Crippen MR) is 113 cm³/mol. The smallest absolute Gasteiger partial charge is 0.238 e. The summed E-state index contributed by atoms with van der Waals surface area (Å²) >= 11 is 6.23. The van der Waals surface area contributed by atoms with Crippen LogP contribution >= 0.6 is 11.6 Å². The topological polar surface area (TPSA) is 82.5 Å². The molecular formula is C21H20ClN5O2. The highest BCUT2D eigenvalue weighted by Crippen LogP contribution is 2.22. The number of fused-ring (bicyclic) bond motifs is 1. The van der Waals surface area contributed by atoms with Gasteiger partial charge in [0.05, 0.1) is 11.9 Å². The number of anilines is 1. The van der Waals surface area contributed by atoms with Crippen molar-refractivity contribution in [2.75, 3.05) is 11.9 Å². The highest BCUT2D eigenvalue weighted by atomic mass is 35.5. The standard InChI is InChI=1S/C21H20ClN5O2/c1-13-10-23-11-19(24-13)29-16-5-3-4-14(8-16)12-27(2)15-6-7-17-18(9-15)20(22)25-26-21(17)28/h3-11,25-26,28H,12H2,1-2H3. The van der Waals surface area contributed by atoms with Crippen molar-refractivity contribution < 1.29 is 9.84 Å². The molecule has 29 heavy (non-hydrogen) atoms. The van der Waals surface area contributed by atoms with Crippen LogP contribution in [0.5, 0.6) is 11.6 Å². The third-order valence-electron chi connectivity index (χ3n) is 4.50. The van der Waals surface area contributed by atoms with Gasteiger partial charge in [-0.15, -0.1) is 0 Å². The lowest BCUT2D eigenvalue weighted by molar-refractivity contribution is 0.444. The first-order chi connectivity index (χ1) is 14.0. The fourth-order valence-electron chi connectivity index (χ4n) is 3.09. The second kappa shape index (κ2) is 7.89. The van der Waals surface area contributed by atoms with E-state index in [4.69, 9.17) is 16.3 Å².